The standard InChI is InChI=1S/C27H30N2O3/c1-18-9-4-5-11-21(18)19(2)28-26(30)20-10-8-16-29(17-20)27(31)24-14-15-25(32-3)23-13-7-6-12-22(23)24/h4-7,9,11-15,19-20H,8,10,16-17H2,1-3H3,(H,28,30)/t19-,20+/m1/s1. The minimum absolute atomic E-state index is 0.0119. The zero-order valence-electron chi connectivity index (χ0n) is 18.9. The highest BCUT2D eigenvalue weighted by Crippen LogP contribution is 2.30. The Bertz CT molecular complexity index is 1140. The molecule has 5 heteroatoms. The number of carbonyl (C=O) groups excluding carboxylic acids is 2. The minimum Gasteiger partial charge on any atom is -0.496 e. The average Bonchev–Trinajstić information content (AvgIpc) is 2.83. The SMILES string of the molecule is COc1ccc(C(=O)N2CCC[C@H](C(=O)N[C@H](C)c3ccccc3C)C2)c2ccccc12. The van der Waals surface area contributed by atoms with E-state index in [1.165, 1.54) is 0 Å². The van der Waals surface area contributed by atoms with Gasteiger partial charge in [-0.05, 0) is 55.3 Å². The molecule has 1 N–H and O–H groups in total. The molecule has 166 valence electrons. The first kappa shape index (κ1) is 21.9. The fourth-order valence-corrected chi connectivity index (χ4v) is 4.66. The Kier molecular flexibility index (Phi) is 6.45. The Morgan fingerprint density at radius 2 is 1.75 bits per heavy atom. The Morgan fingerprint density at radius 1 is 1.03 bits per heavy atom. The van der Waals surface area contributed by atoms with Gasteiger partial charge in [0.25, 0.3) is 5.91 Å². The summed E-state index contributed by atoms with van der Waals surface area (Å²) >= 11 is 0. The normalized spacial score (nSPS) is 17.1. The van der Waals surface area contributed by atoms with Gasteiger partial charge in [-0.1, -0.05) is 48.5 Å². The lowest BCUT2D eigenvalue weighted by Gasteiger charge is -2.33. The van der Waals surface area contributed by atoms with Gasteiger partial charge in [0, 0.05) is 24.0 Å². The molecule has 0 bridgehead atoms. The van der Waals surface area contributed by atoms with Crippen molar-refractivity contribution in [3.8, 4) is 5.75 Å². The zero-order valence-corrected chi connectivity index (χ0v) is 18.9. The molecule has 3 aromatic carbocycles. The highest BCUT2D eigenvalue weighted by Gasteiger charge is 2.30. The van der Waals surface area contributed by atoms with E-state index in [4.69, 9.17) is 4.74 Å². The number of fused-ring (bicyclic) bond motifs is 1. The number of rotatable bonds is 5. The Labute approximate surface area is 189 Å². The van der Waals surface area contributed by atoms with Crippen LogP contribution in [0, 0.1) is 12.8 Å². The number of ether oxygens (including phenoxy) is 1. The molecule has 1 saturated heterocycles. The number of hydrogen-bond donors (Lipinski definition) is 1. The lowest BCUT2D eigenvalue weighted by atomic mass is 9.94. The van der Waals surface area contributed by atoms with Gasteiger partial charge in [-0.15, -0.1) is 0 Å². The van der Waals surface area contributed by atoms with E-state index in [0.717, 1.165) is 40.5 Å². The van der Waals surface area contributed by atoms with Gasteiger partial charge in [0.05, 0.1) is 19.1 Å². The van der Waals surface area contributed by atoms with E-state index in [1.807, 2.05) is 66.4 Å². The highest BCUT2D eigenvalue weighted by atomic mass is 16.5. The Hall–Kier alpha value is -3.34. The van der Waals surface area contributed by atoms with Crippen molar-refractivity contribution in [1.82, 2.24) is 10.2 Å². The molecule has 1 heterocycles. The minimum atomic E-state index is -0.205. The summed E-state index contributed by atoms with van der Waals surface area (Å²) in [5.74, 6) is 0.521. The second kappa shape index (κ2) is 9.43. The number of aryl methyl sites for hydroxylation is 1. The van der Waals surface area contributed by atoms with Crippen LogP contribution in [0.2, 0.25) is 0 Å². The second-order valence-electron chi connectivity index (χ2n) is 8.54. The topological polar surface area (TPSA) is 58.6 Å². The molecule has 4 rings (SSSR count). The average molecular weight is 431 g/mol. The number of carbonyl (C=O) groups is 2. The third kappa shape index (κ3) is 4.33. The number of piperidine rings is 1. The van der Waals surface area contributed by atoms with Gasteiger partial charge in [0.15, 0.2) is 0 Å². The van der Waals surface area contributed by atoms with Gasteiger partial charge in [-0.25, -0.2) is 0 Å². The number of nitrogens with zero attached hydrogens (tertiary/aromatic N) is 1. The van der Waals surface area contributed by atoms with E-state index in [1.54, 1.807) is 7.11 Å². The van der Waals surface area contributed by atoms with E-state index in [0.29, 0.717) is 18.7 Å². The van der Waals surface area contributed by atoms with Gasteiger partial charge >= 0.3 is 0 Å². The molecule has 3 aromatic rings. The van der Waals surface area contributed by atoms with Crippen LogP contribution in [0.25, 0.3) is 10.8 Å². The second-order valence-corrected chi connectivity index (χ2v) is 8.54. The molecular formula is C27H30N2O3. The summed E-state index contributed by atoms with van der Waals surface area (Å²) in [5.41, 5.74) is 2.93. The van der Waals surface area contributed by atoms with Crippen LogP contribution in [0.15, 0.2) is 60.7 Å². The number of amides is 2. The fraction of sp³-hybridized carbons (Fsp3) is 0.333. The van der Waals surface area contributed by atoms with Crippen LogP contribution < -0.4 is 10.1 Å². The van der Waals surface area contributed by atoms with Crippen LogP contribution >= 0.6 is 0 Å². The Morgan fingerprint density at radius 3 is 2.50 bits per heavy atom. The van der Waals surface area contributed by atoms with E-state index in [-0.39, 0.29) is 23.8 Å². The van der Waals surface area contributed by atoms with Crippen LogP contribution in [0.4, 0.5) is 0 Å². The number of nitrogens with one attached hydrogen (secondary N) is 1. The predicted octanol–water partition coefficient (Wildman–Crippen LogP) is 4.89. The monoisotopic (exact) mass is 430 g/mol. The van der Waals surface area contributed by atoms with E-state index in [9.17, 15) is 9.59 Å². The summed E-state index contributed by atoms with van der Waals surface area (Å²) in [6.07, 6.45) is 1.61. The molecule has 0 saturated carbocycles. The molecule has 1 aliphatic rings. The molecule has 0 radical (unpaired) electrons. The fourth-order valence-electron chi connectivity index (χ4n) is 4.66. The summed E-state index contributed by atoms with van der Waals surface area (Å²) in [6.45, 7) is 5.16. The van der Waals surface area contributed by atoms with Gasteiger partial charge in [-0.3, -0.25) is 9.59 Å². The van der Waals surface area contributed by atoms with Crippen molar-refractivity contribution >= 4 is 22.6 Å². The quantitative estimate of drug-likeness (QED) is 0.627. The van der Waals surface area contributed by atoms with E-state index >= 15 is 0 Å². The maximum atomic E-state index is 13.4. The largest absolute Gasteiger partial charge is 0.496 e. The van der Waals surface area contributed by atoms with Crippen molar-refractivity contribution < 1.29 is 14.3 Å². The van der Waals surface area contributed by atoms with Crippen LogP contribution in [0.1, 0.15) is 47.3 Å². The van der Waals surface area contributed by atoms with Gasteiger partial charge < -0.3 is 15.0 Å². The number of hydrogen-bond acceptors (Lipinski definition) is 3. The highest BCUT2D eigenvalue weighted by molar-refractivity contribution is 6.08. The lowest BCUT2D eigenvalue weighted by molar-refractivity contribution is -0.127. The molecule has 0 aliphatic carbocycles. The van der Waals surface area contributed by atoms with Crippen molar-refractivity contribution in [3.63, 3.8) is 0 Å². The number of benzene rings is 3. The van der Waals surface area contributed by atoms with Crippen molar-refractivity contribution in [1.29, 1.82) is 0 Å². The molecule has 0 unspecified atom stereocenters. The van der Waals surface area contributed by atoms with Crippen LogP contribution in [-0.2, 0) is 4.79 Å². The molecule has 1 fully saturated rings. The van der Waals surface area contributed by atoms with Crippen LogP contribution in [0.5, 0.6) is 5.75 Å². The first-order chi connectivity index (χ1) is 15.5. The van der Waals surface area contributed by atoms with Gasteiger partial charge in [-0.2, -0.15) is 0 Å². The smallest absolute Gasteiger partial charge is 0.254 e. The van der Waals surface area contributed by atoms with E-state index < -0.39 is 0 Å². The summed E-state index contributed by atoms with van der Waals surface area (Å²) in [6, 6.07) is 19.5. The molecule has 32 heavy (non-hydrogen) atoms. The molecule has 0 aromatic heterocycles. The summed E-state index contributed by atoms with van der Waals surface area (Å²) in [7, 11) is 1.63. The molecular weight excluding hydrogens is 400 g/mol. The molecule has 1 aliphatic heterocycles. The molecule has 5 nitrogen and oxygen atoms in total. The summed E-state index contributed by atoms with van der Waals surface area (Å²) in [5, 5.41) is 4.95. The maximum absolute atomic E-state index is 13.4. The maximum Gasteiger partial charge on any atom is 0.254 e. The predicted molar refractivity (Wildman–Crippen MR) is 127 cm³/mol. The first-order valence-electron chi connectivity index (χ1n) is 11.2. The lowest BCUT2D eigenvalue weighted by Crippen LogP contribution is -2.46. The number of methoxy groups -OCH3 is 1. The molecule has 0 spiro atoms. The number of likely N-dealkylation sites (tertiary alicyclic amines) is 1. The van der Waals surface area contributed by atoms with Crippen LogP contribution in [-0.4, -0.2) is 36.9 Å². The third-order valence-corrected chi connectivity index (χ3v) is 6.43. The van der Waals surface area contributed by atoms with Gasteiger partial charge in [0.2, 0.25) is 5.91 Å². The third-order valence-electron chi connectivity index (χ3n) is 6.43. The van der Waals surface area contributed by atoms with Crippen molar-refractivity contribution in [2.75, 3.05) is 20.2 Å². The summed E-state index contributed by atoms with van der Waals surface area (Å²) < 4.78 is 5.46. The van der Waals surface area contributed by atoms with Crippen LogP contribution in [0.3, 0.4) is 0 Å². The van der Waals surface area contributed by atoms with Crippen molar-refractivity contribution in [2.45, 2.75) is 32.7 Å². The first-order valence-corrected chi connectivity index (χ1v) is 11.2. The molecule has 2 atom stereocenters. The van der Waals surface area contributed by atoms with Crippen molar-refractivity contribution in [2.24, 2.45) is 5.92 Å². The molecule has 2 amide bonds. The van der Waals surface area contributed by atoms with Gasteiger partial charge in [0.1, 0.15) is 5.75 Å². The summed E-state index contributed by atoms with van der Waals surface area (Å²) in [4.78, 5) is 28.3. The zero-order chi connectivity index (χ0) is 22.7. The van der Waals surface area contributed by atoms with E-state index in [2.05, 4.69) is 18.3 Å². The Balaban J connectivity index is 1.49. The van der Waals surface area contributed by atoms with Crippen molar-refractivity contribution in [3.05, 3.63) is 77.4 Å².